The molecule has 0 saturated carbocycles. The lowest BCUT2D eigenvalue weighted by Gasteiger charge is -2.05. The topological polar surface area (TPSA) is 85.8 Å². The van der Waals surface area contributed by atoms with Crippen molar-refractivity contribution < 1.29 is 4.79 Å². The molecule has 100 valence electrons. The first kappa shape index (κ1) is 13.2. The van der Waals surface area contributed by atoms with E-state index in [1.165, 1.54) is 0 Å². The van der Waals surface area contributed by atoms with Gasteiger partial charge in [-0.3, -0.25) is 9.48 Å². The van der Waals surface area contributed by atoms with Crippen molar-refractivity contribution in [2.75, 3.05) is 6.54 Å². The van der Waals surface area contributed by atoms with Crippen molar-refractivity contribution in [3.05, 3.63) is 47.5 Å². The highest BCUT2D eigenvalue weighted by Gasteiger charge is 2.06. The summed E-state index contributed by atoms with van der Waals surface area (Å²) in [6, 6.07) is 7.30. The van der Waals surface area contributed by atoms with E-state index in [4.69, 9.17) is 5.73 Å². The van der Waals surface area contributed by atoms with E-state index in [1.54, 1.807) is 23.1 Å². The first-order valence-electron chi connectivity index (χ1n) is 6.11. The Morgan fingerprint density at radius 2 is 2.32 bits per heavy atom. The van der Waals surface area contributed by atoms with E-state index in [1.807, 2.05) is 19.2 Å². The average molecular weight is 259 g/mol. The fourth-order valence-electron chi connectivity index (χ4n) is 1.73. The van der Waals surface area contributed by atoms with Crippen LogP contribution in [-0.4, -0.2) is 27.2 Å². The molecule has 1 aromatic carbocycles. The fourth-order valence-corrected chi connectivity index (χ4v) is 1.73. The smallest absolute Gasteiger partial charge is 0.251 e. The Morgan fingerprint density at radius 3 is 3.00 bits per heavy atom. The van der Waals surface area contributed by atoms with Gasteiger partial charge in [-0.15, -0.1) is 0 Å². The molecule has 0 aliphatic carbocycles. The average Bonchev–Trinajstić information content (AvgIpc) is 2.84. The molecule has 1 amide bonds. The number of nitrogens with one attached hydrogen (secondary N) is 1. The van der Waals surface area contributed by atoms with Crippen molar-refractivity contribution in [2.45, 2.75) is 13.0 Å². The molecule has 6 nitrogen and oxygen atoms in total. The summed E-state index contributed by atoms with van der Waals surface area (Å²) in [6.07, 6.45) is 2.25. The van der Waals surface area contributed by atoms with Crippen molar-refractivity contribution in [3.63, 3.8) is 0 Å². The third-order valence-corrected chi connectivity index (χ3v) is 2.71. The summed E-state index contributed by atoms with van der Waals surface area (Å²) in [4.78, 5) is 16.0. The van der Waals surface area contributed by atoms with Gasteiger partial charge < -0.3 is 11.1 Å². The number of nitrogens with two attached hydrogens (primary N) is 1. The summed E-state index contributed by atoms with van der Waals surface area (Å²) in [6.45, 7) is 0.939. The number of carbonyl (C=O) groups is 1. The number of hydrogen-bond donors (Lipinski definition) is 2. The van der Waals surface area contributed by atoms with Crippen LogP contribution in [0.1, 0.15) is 21.7 Å². The Bertz CT molecular complexity index is 564. The van der Waals surface area contributed by atoms with E-state index in [0.717, 1.165) is 11.4 Å². The maximum atomic E-state index is 11.9. The van der Waals surface area contributed by atoms with Crippen molar-refractivity contribution in [3.8, 4) is 0 Å². The van der Waals surface area contributed by atoms with Crippen LogP contribution in [0.5, 0.6) is 0 Å². The standard InChI is InChI=1S/C13H17N5O/c1-18-9-16-12(17-18)5-6-15-13(19)11-4-2-3-10(7-11)8-14/h2-4,7,9H,5-6,8,14H2,1H3,(H,15,19). The van der Waals surface area contributed by atoms with Gasteiger partial charge in [0.15, 0.2) is 5.82 Å². The molecular formula is C13H17N5O. The summed E-state index contributed by atoms with van der Waals surface area (Å²) in [5.41, 5.74) is 7.11. The Kier molecular flexibility index (Phi) is 4.25. The second kappa shape index (κ2) is 6.10. The van der Waals surface area contributed by atoms with Crippen LogP contribution in [0, 0.1) is 0 Å². The van der Waals surface area contributed by atoms with Crippen LogP contribution in [0.15, 0.2) is 30.6 Å². The van der Waals surface area contributed by atoms with Crippen molar-refractivity contribution in [1.82, 2.24) is 20.1 Å². The van der Waals surface area contributed by atoms with E-state index >= 15 is 0 Å². The van der Waals surface area contributed by atoms with Crippen LogP contribution in [0.2, 0.25) is 0 Å². The predicted octanol–water partition coefficient (Wildman–Crippen LogP) is 0.246. The monoisotopic (exact) mass is 259 g/mol. The number of aryl methyl sites for hydroxylation is 1. The van der Waals surface area contributed by atoms with E-state index in [2.05, 4.69) is 15.4 Å². The van der Waals surface area contributed by atoms with Gasteiger partial charge in [-0.05, 0) is 17.7 Å². The molecule has 0 saturated heterocycles. The van der Waals surface area contributed by atoms with Crippen LogP contribution in [-0.2, 0) is 20.0 Å². The summed E-state index contributed by atoms with van der Waals surface area (Å²) in [5.74, 6) is 0.616. The highest BCUT2D eigenvalue weighted by molar-refractivity contribution is 5.94. The van der Waals surface area contributed by atoms with Gasteiger partial charge in [-0.2, -0.15) is 5.10 Å². The molecule has 0 aliphatic rings. The molecular weight excluding hydrogens is 242 g/mol. The number of hydrogen-bond acceptors (Lipinski definition) is 4. The normalized spacial score (nSPS) is 10.4. The minimum absolute atomic E-state index is 0.105. The number of amides is 1. The molecule has 6 heteroatoms. The van der Waals surface area contributed by atoms with Gasteiger partial charge in [0.25, 0.3) is 5.91 Å². The van der Waals surface area contributed by atoms with Crippen molar-refractivity contribution >= 4 is 5.91 Å². The second-order valence-corrected chi connectivity index (χ2v) is 4.24. The first-order chi connectivity index (χ1) is 9.19. The van der Waals surface area contributed by atoms with Crippen LogP contribution >= 0.6 is 0 Å². The molecule has 0 unspecified atom stereocenters. The van der Waals surface area contributed by atoms with Crippen LogP contribution in [0.4, 0.5) is 0 Å². The molecule has 0 atom stereocenters. The molecule has 1 aromatic heterocycles. The van der Waals surface area contributed by atoms with Crippen molar-refractivity contribution in [2.24, 2.45) is 12.8 Å². The molecule has 3 N–H and O–H groups in total. The second-order valence-electron chi connectivity index (χ2n) is 4.24. The fraction of sp³-hybridized carbons (Fsp3) is 0.308. The molecule has 0 spiro atoms. The number of rotatable bonds is 5. The Morgan fingerprint density at radius 1 is 1.47 bits per heavy atom. The minimum Gasteiger partial charge on any atom is -0.352 e. The maximum Gasteiger partial charge on any atom is 0.251 e. The SMILES string of the molecule is Cn1cnc(CCNC(=O)c2cccc(CN)c2)n1. The van der Waals surface area contributed by atoms with Gasteiger partial charge in [-0.1, -0.05) is 12.1 Å². The maximum absolute atomic E-state index is 11.9. The van der Waals surface area contributed by atoms with Gasteiger partial charge in [0.2, 0.25) is 0 Å². The van der Waals surface area contributed by atoms with Crippen LogP contribution in [0.3, 0.4) is 0 Å². The number of benzene rings is 1. The Labute approximate surface area is 111 Å². The molecule has 19 heavy (non-hydrogen) atoms. The molecule has 0 radical (unpaired) electrons. The van der Waals surface area contributed by atoms with Crippen LogP contribution < -0.4 is 11.1 Å². The molecule has 2 aromatic rings. The van der Waals surface area contributed by atoms with Gasteiger partial charge in [-0.25, -0.2) is 4.98 Å². The van der Waals surface area contributed by atoms with E-state index in [-0.39, 0.29) is 5.91 Å². The molecule has 0 aliphatic heterocycles. The number of carbonyl (C=O) groups excluding carboxylic acids is 1. The summed E-state index contributed by atoms with van der Waals surface area (Å²) < 4.78 is 1.64. The lowest BCUT2D eigenvalue weighted by molar-refractivity contribution is 0.0954. The Hall–Kier alpha value is -2.21. The molecule has 2 rings (SSSR count). The summed E-state index contributed by atoms with van der Waals surface area (Å²) in [5, 5.41) is 6.98. The minimum atomic E-state index is -0.105. The van der Waals surface area contributed by atoms with Crippen LogP contribution in [0.25, 0.3) is 0 Å². The zero-order chi connectivity index (χ0) is 13.7. The lowest BCUT2D eigenvalue weighted by atomic mass is 10.1. The highest BCUT2D eigenvalue weighted by atomic mass is 16.1. The summed E-state index contributed by atoms with van der Waals surface area (Å²) >= 11 is 0. The first-order valence-corrected chi connectivity index (χ1v) is 6.11. The van der Waals surface area contributed by atoms with Gasteiger partial charge in [0.05, 0.1) is 0 Å². The van der Waals surface area contributed by atoms with E-state index in [9.17, 15) is 4.79 Å². The number of nitrogens with zero attached hydrogens (tertiary/aromatic N) is 3. The third kappa shape index (κ3) is 3.62. The zero-order valence-corrected chi connectivity index (χ0v) is 10.8. The lowest BCUT2D eigenvalue weighted by Crippen LogP contribution is -2.26. The van der Waals surface area contributed by atoms with Gasteiger partial charge in [0, 0.05) is 32.1 Å². The quantitative estimate of drug-likeness (QED) is 0.805. The zero-order valence-electron chi connectivity index (χ0n) is 10.8. The predicted molar refractivity (Wildman–Crippen MR) is 71.4 cm³/mol. The molecule has 0 bridgehead atoms. The van der Waals surface area contributed by atoms with E-state index < -0.39 is 0 Å². The largest absolute Gasteiger partial charge is 0.352 e. The van der Waals surface area contributed by atoms with Gasteiger partial charge in [0.1, 0.15) is 6.33 Å². The number of aromatic nitrogens is 3. The third-order valence-electron chi connectivity index (χ3n) is 2.71. The summed E-state index contributed by atoms with van der Waals surface area (Å²) in [7, 11) is 1.81. The molecule has 0 fully saturated rings. The Balaban J connectivity index is 1.87. The van der Waals surface area contributed by atoms with Crippen molar-refractivity contribution in [1.29, 1.82) is 0 Å². The molecule has 1 heterocycles. The highest BCUT2D eigenvalue weighted by Crippen LogP contribution is 2.04. The van der Waals surface area contributed by atoms with Gasteiger partial charge >= 0.3 is 0 Å². The van der Waals surface area contributed by atoms with E-state index in [0.29, 0.717) is 25.1 Å².